The minimum Gasteiger partial charge on any atom is -0.493 e. The second-order valence-corrected chi connectivity index (χ2v) is 6.79. The van der Waals surface area contributed by atoms with Gasteiger partial charge in [-0.25, -0.2) is 15.6 Å². The molecule has 0 bridgehead atoms. The number of carbonyl (C=O) groups excluding carboxylic acids is 3. The molecule has 10 nitrogen and oxygen atoms in total. The first-order valence-electron chi connectivity index (χ1n) is 10.0. The van der Waals surface area contributed by atoms with E-state index in [0.29, 0.717) is 18.1 Å². The fourth-order valence-electron chi connectivity index (χ4n) is 2.76. The Morgan fingerprint density at radius 2 is 2.07 bits per heavy atom. The van der Waals surface area contributed by atoms with Crippen molar-refractivity contribution in [2.24, 2.45) is 5.10 Å². The number of benzene rings is 1. The molecule has 1 heterocycles. The van der Waals surface area contributed by atoms with E-state index in [1.54, 1.807) is 13.2 Å². The molecule has 1 unspecified atom stereocenters. The van der Waals surface area contributed by atoms with Crippen LogP contribution in [-0.2, 0) is 9.59 Å². The van der Waals surface area contributed by atoms with Gasteiger partial charge in [0.05, 0.1) is 19.9 Å². The van der Waals surface area contributed by atoms with Crippen molar-refractivity contribution < 1.29 is 23.9 Å². The van der Waals surface area contributed by atoms with Gasteiger partial charge in [0.15, 0.2) is 11.5 Å². The SMILES string of the molecule is CCCCCCOc1ccc(/C=N\NC(=O)CCC2NNC(=O)NC2=O)cc1OC. The van der Waals surface area contributed by atoms with Crippen LogP contribution in [0.3, 0.4) is 0 Å². The van der Waals surface area contributed by atoms with Gasteiger partial charge in [-0.15, -0.1) is 0 Å². The summed E-state index contributed by atoms with van der Waals surface area (Å²) in [6.45, 7) is 2.80. The summed E-state index contributed by atoms with van der Waals surface area (Å²) in [4.78, 5) is 34.5. The van der Waals surface area contributed by atoms with Gasteiger partial charge in [0.25, 0.3) is 0 Å². The molecule has 0 aliphatic carbocycles. The first-order chi connectivity index (χ1) is 14.5. The largest absolute Gasteiger partial charge is 0.493 e. The lowest BCUT2D eigenvalue weighted by molar-refractivity contribution is -0.124. The second-order valence-electron chi connectivity index (χ2n) is 6.79. The Kier molecular flexibility index (Phi) is 9.59. The van der Waals surface area contributed by atoms with E-state index in [1.165, 1.54) is 19.1 Å². The zero-order valence-electron chi connectivity index (χ0n) is 17.3. The lowest BCUT2D eigenvalue weighted by Crippen LogP contribution is -2.62. The van der Waals surface area contributed by atoms with Gasteiger partial charge in [-0.05, 0) is 36.6 Å². The third-order valence-electron chi connectivity index (χ3n) is 4.42. The van der Waals surface area contributed by atoms with Crippen LogP contribution >= 0.6 is 0 Å². The van der Waals surface area contributed by atoms with Crippen molar-refractivity contribution in [3.63, 3.8) is 0 Å². The predicted octanol–water partition coefficient (Wildman–Crippen LogP) is 1.60. The summed E-state index contributed by atoms with van der Waals surface area (Å²) in [5, 5.41) is 6.05. The van der Waals surface area contributed by atoms with E-state index in [-0.39, 0.29) is 18.7 Å². The summed E-state index contributed by atoms with van der Waals surface area (Å²) in [6.07, 6.45) is 6.28. The maximum Gasteiger partial charge on any atom is 0.335 e. The normalized spacial score (nSPS) is 16.1. The van der Waals surface area contributed by atoms with Crippen molar-refractivity contribution in [2.75, 3.05) is 13.7 Å². The van der Waals surface area contributed by atoms with E-state index in [4.69, 9.17) is 9.47 Å². The van der Waals surface area contributed by atoms with Crippen LogP contribution in [0.5, 0.6) is 11.5 Å². The van der Waals surface area contributed by atoms with Gasteiger partial charge < -0.3 is 9.47 Å². The van der Waals surface area contributed by atoms with E-state index < -0.39 is 18.0 Å². The van der Waals surface area contributed by atoms with Crippen LogP contribution in [0.4, 0.5) is 4.79 Å². The Morgan fingerprint density at radius 3 is 2.80 bits per heavy atom. The van der Waals surface area contributed by atoms with Crippen LogP contribution in [0, 0.1) is 0 Å². The number of nitrogens with one attached hydrogen (secondary N) is 4. The Labute approximate surface area is 175 Å². The molecule has 0 spiro atoms. The highest BCUT2D eigenvalue weighted by Crippen LogP contribution is 2.27. The average molecular weight is 419 g/mol. The standard InChI is InChI=1S/C20H29N5O5/c1-3-4-5-6-11-30-16-9-7-14(12-17(16)29-2)13-21-24-18(26)10-8-15-19(27)22-20(28)25-23-15/h7,9,12-13,15,23H,3-6,8,10-11H2,1-2H3,(H,24,26)(H2,22,25,27,28)/b21-13-. The average Bonchev–Trinajstić information content (AvgIpc) is 2.73. The van der Waals surface area contributed by atoms with Crippen LogP contribution < -0.4 is 31.1 Å². The molecule has 164 valence electrons. The molecule has 1 aromatic carbocycles. The van der Waals surface area contributed by atoms with Crippen molar-refractivity contribution in [2.45, 2.75) is 51.5 Å². The maximum absolute atomic E-state index is 11.9. The van der Waals surface area contributed by atoms with Crippen molar-refractivity contribution in [1.82, 2.24) is 21.6 Å². The molecule has 1 saturated heterocycles. The fourth-order valence-corrected chi connectivity index (χ4v) is 2.76. The molecule has 0 saturated carbocycles. The Hall–Kier alpha value is -3.14. The number of ether oxygens (including phenoxy) is 2. The number of carbonyl (C=O) groups is 3. The number of rotatable bonds is 12. The lowest BCUT2D eigenvalue weighted by atomic mass is 10.1. The molecular formula is C20H29N5O5. The van der Waals surface area contributed by atoms with Crippen LogP contribution in [-0.4, -0.2) is 43.8 Å². The van der Waals surface area contributed by atoms with Crippen LogP contribution in [0.15, 0.2) is 23.3 Å². The van der Waals surface area contributed by atoms with Gasteiger partial charge in [-0.2, -0.15) is 5.10 Å². The van der Waals surface area contributed by atoms with Gasteiger partial charge in [0.2, 0.25) is 11.8 Å². The van der Waals surface area contributed by atoms with Crippen LogP contribution in [0.1, 0.15) is 51.0 Å². The minimum absolute atomic E-state index is 0.0619. The fraction of sp³-hybridized carbons (Fsp3) is 0.500. The number of imide groups is 1. The molecule has 4 amide bonds. The van der Waals surface area contributed by atoms with E-state index in [0.717, 1.165) is 18.4 Å². The highest BCUT2D eigenvalue weighted by Gasteiger charge is 2.25. The lowest BCUT2D eigenvalue weighted by Gasteiger charge is -2.22. The van der Waals surface area contributed by atoms with Crippen molar-refractivity contribution >= 4 is 24.1 Å². The number of methoxy groups -OCH3 is 1. The second kappa shape index (κ2) is 12.4. The Bertz CT molecular complexity index is 768. The number of nitrogens with zero attached hydrogens (tertiary/aromatic N) is 1. The van der Waals surface area contributed by atoms with E-state index in [9.17, 15) is 14.4 Å². The molecule has 1 fully saturated rings. The number of unbranched alkanes of at least 4 members (excludes halogenated alkanes) is 3. The number of hydrazine groups is 1. The minimum atomic E-state index is -0.670. The van der Waals surface area contributed by atoms with Gasteiger partial charge >= 0.3 is 6.03 Å². The predicted molar refractivity (Wildman–Crippen MR) is 111 cm³/mol. The van der Waals surface area contributed by atoms with Gasteiger partial charge in [0.1, 0.15) is 6.04 Å². The molecule has 4 N–H and O–H groups in total. The van der Waals surface area contributed by atoms with Crippen LogP contribution in [0.25, 0.3) is 0 Å². The van der Waals surface area contributed by atoms with Crippen molar-refractivity contribution in [1.29, 1.82) is 0 Å². The zero-order valence-corrected chi connectivity index (χ0v) is 17.3. The summed E-state index contributed by atoms with van der Waals surface area (Å²) in [7, 11) is 1.57. The Morgan fingerprint density at radius 1 is 1.23 bits per heavy atom. The number of urea groups is 1. The molecule has 1 aliphatic heterocycles. The molecule has 1 atom stereocenters. The molecule has 1 aliphatic rings. The van der Waals surface area contributed by atoms with Gasteiger partial charge in [-0.1, -0.05) is 26.2 Å². The van der Waals surface area contributed by atoms with E-state index in [1.807, 2.05) is 12.1 Å². The number of hydrazone groups is 1. The molecule has 1 aromatic rings. The third-order valence-corrected chi connectivity index (χ3v) is 4.42. The molecule has 2 rings (SSSR count). The van der Waals surface area contributed by atoms with Gasteiger partial charge in [0, 0.05) is 6.42 Å². The van der Waals surface area contributed by atoms with E-state index in [2.05, 4.69) is 33.6 Å². The van der Waals surface area contributed by atoms with E-state index >= 15 is 0 Å². The number of hydrogen-bond acceptors (Lipinski definition) is 7. The summed E-state index contributed by atoms with van der Waals surface area (Å²) >= 11 is 0. The highest BCUT2D eigenvalue weighted by atomic mass is 16.5. The maximum atomic E-state index is 11.9. The molecule has 0 radical (unpaired) electrons. The van der Waals surface area contributed by atoms with Crippen LogP contribution in [0.2, 0.25) is 0 Å². The topological polar surface area (TPSA) is 130 Å². The summed E-state index contributed by atoms with van der Waals surface area (Å²) in [5.74, 6) is 0.435. The summed E-state index contributed by atoms with van der Waals surface area (Å²) in [5.41, 5.74) is 7.98. The molecular weight excluding hydrogens is 390 g/mol. The quantitative estimate of drug-likeness (QED) is 0.231. The van der Waals surface area contributed by atoms with Crippen molar-refractivity contribution in [3.8, 4) is 11.5 Å². The summed E-state index contributed by atoms with van der Waals surface area (Å²) < 4.78 is 11.1. The smallest absolute Gasteiger partial charge is 0.335 e. The Balaban J connectivity index is 1.77. The molecule has 0 aromatic heterocycles. The third kappa shape index (κ3) is 7.70. The highest BCUT2D eigenvalue weighted by molar-refractivity contribution is 5.99. The molecule has 10 heteroatoms. The van der Waals surface area contributed by atoms with Crippen molar-refractivity contribution in [3.05, 3.63) is 23.8 Å². The summed E-state index contributed by atoms with van der Waals surface area (Å²) in [6, 6.07) is 4.11. The number of hydrogen-bond donors (Lipinski definition) is 4. The van der Waals surface area contributed by atoms with Gasteiger partial charge in [-0.3, -0.25) is 20.3 Å². The first-order valence-corrected chi connectivity index (χ1v) is 10.0. The zero-order chi connectivity index (χ0) is 21.8. The number of amides is 4. The monoisotopic (exact) mass is 419 g/mol. The first kappa shape index (κ1) is 23.1. The molecule has 30 heavy (non-hydrogen) atoms.